The predicted molar refractivity (Wildman–Crippen MR) is 78.5 cm³/mol. The molecule has 7 nitrogen and oxygen atoms in total. The highest BCUT2D eigenvalue weighted by Gasteiger charge is 2.29. The molecule has 2 aromatic heterocycles. The van der Waals surface area contributed by atoms with Crippen LogP contribution in [-0.4, -0.2) is 20.6 Å². The summed E-state index contributed by atoms with van der Waals surface area (Å²) in [5.74, 6) is 1.17. The van der Waals surface area contributed by atoms with Gasteiger partial charge in [0.2, 0.25) is 5.89 Å². The van der Waals surface area contributed by atoms with Crippen LogP contribution in [0.15, 0.2) is 27.6 Å². The number of carbonyl (C=O) groups excluding carboxylic acids is 1. The van der Waals surface area contributed by atoms with Crippen molar-refractivity contribution in [3.05, 3.63) is 46.0 Å². The fourth-order valence-corrected chi connectivity index (χ4v) is 2.18. The lowest BCUT2D eigenvalue weighted by Gasteiger charge is -2.10. The number of hydrogen-bond acceptors (Lipinski definition) is 5. The van der Waals surface area contributed by atoms with Gasteiger partial charge in [-0.1, -0.05) is 5.16 Å². The van der Waals surface area contributed by atoms with Gasteiger partial charge in [0.1, 0.15) is 6.04 Å². The quantitative estimate of drug-likeness (QED) is 0.906. The number of hydrogen-bond donors (Lipinski definition) is 1. The highest BCUT2D eigenvalue weighted by Crippen LogP contribution is 2.38. The fraction of sp³-hybridized carbons (Fsp3) is 0.467. The molecular formula is C15H18N4O3. The summed E-state index contributed by atoms with van der Waals surface area (Å²) in [7, 11) is 0. The average Bonchev–Trinajstić information content (AvgIpc) is 3.24. The Kier molecular flexibility index (Phi) is 3.79. The van der Waals surface area contributed by atoms with Crippen LogP contribution in [0.5, 0.6) is 0 Å². The maximum absolute atomic E-state index is 12.2. The van der Waals surface area contributed by atoms with Crippen molar-refractivity contribution in [2.24, 2.45) is 0 Å². The van der Waals surface area contributed by atoms with Crippen molar-refractivity contribution in [2.45, 2.75) is 45.2 Å². The van der Waals surface area contributed by atoms with E-state index in [-0.39, 0.29) is 11.5 Å². The van der Waals surface area contributed by atoms with Crippen LogP contribution in [0.25, 0.3) is 0 Å². The number of rotatable bonds is 5. The molecular weight excluding hydrogens is 284 g/mol. The van der Waals surface area contributed by atoms with Crippen molar-refractivity contribution in [2.75, 3.05) is 0 Å². The van der Waals surface area contributed by atoms with Gasteiger partial charge in [0.05, 0.1) is 0 Å². The monoisotopic (exact) mass is 302 g/mol. The molecule has 0 aliphatic heterocycles. The molecule has 0 aromatic carbocycles. The third kappa shape index (κ3) is 2.93. The summed E-state index contributed by atoms with van der Waals surface area (Å²) >= 11 is 0. The van der Waals surface area contributed by atoms with Gasteiger partial charge in [-0.25, -0.2) is 0 Å². The second-order valence-corrected chi connectivity index (χ2v) is 5.50. The zero-order valence-corrected chi connectivity index (χ0v) is 12.6. The molecule has 0 radical (unpaired) electrons. The molecule has 0 saturated heterocycles. The van der Waals surface area contributed by atoms with Gasteiger partial charge in [-0.15, -0.1) is 0 Å². The third-order valence-electron chi connectivity index (χ3n) is 3.72. The molecule has 22 heavy (non-hydrogen) atoms. The van der Waals surface area contributed by atoms with E-state index in [0.717, 1.165) is 12.8 Å². The lowest BCUT2D eigenvalue weighted by atomic mass is 10.2. The van der Waals surface area contributed by atoms with Crippen LogP contribution in [0.1, 0.15) is 60.7 Å². The summed E-state index contributed by atoms with van der Waals surface area (Å²) in [4.78, 5) is 28.2. The van der Waals surface area contributed by atoms with Crippen LogP contribution in [-0.2, 0) is 6.54 Å². The molecule has 1 atom stereocenters. The molecule has 0 spiro atoms. The Morgan fingerprint density at radius 1 is 1.55 bits per heavy atom. The van der Waals surface area contributed by atoms with Gasteiger partial charge in [-0.3, -0.25) is 9.59 Å². The molecule has 1 N–H and O–H groups in total. The molecule has 7 heteroatoms. The Bertz CT molecular complexity index is 745. The standard InChI is InChI=1S/C15H18N4O3/c1-3-19-7-6-11(8-12(19)20)14(21)16-9(2)15-17-13(18-22-15)10-4-5-10/h6-10H,3-5H2,1-2H3,(H,16,21)/t9-/m0/s1. The van der Waals surface area contributed by atoms with Crippen molar-refractivity contribution in [1.29, 1.82) is 0 Å². The van der Waals surface area contributed by atoms with Crippen molar-refractivity contribution in [1.82, 2.24) is 20.0 Å². The highest BCUT2D eigenvalue weighted by atomic mass is 16.5. The lowest BCUT2D eigenvalue weighted by molar-refractivity contribution is 0.0932. The zero-order valence-electron chi connectivity index (χ0n) is 12.6. The molecule has 3 rings (SSSR count). The van der Waals surface area contributed by atoms with Crippen molar-refractivity contribution in [3.8, 4) is 0 Å². The van der Waals surface area contributed by atoms with Crippen LogP contribution in [0.4, 0.5) is 0 Å². The molecule has 1 amide bonds. The number of aryl methyl sites for hydroxylation is 1. The Morgan fingerprint density at radius 2 is 2.32 bits per heavy atom. The van der Waals surface area contributed by atoms with Crippen LogP contribution in [0.3, 0.4) is 0 Å². The first-order chi connectivity index (χ1) is 10.6. The van der Waals surface area contributed by atoms with Gasteiger partial charge >= 0.3 is 0 Å². The lowest BCUT2D eigenvalue weighted by Crippen LogP contribution is -2.29. The van der Waals surface area contributed by atoms with Crippen LogP contribution in [0.2, 0.25) is 0 Å². The number of carbonyl (C=O) groups is 1. The summed E-state index contributed by atoms with van der Waals surface area (Å²) in [5, 5.41) is 6.69. The first kappa shape index (κ1) is 14.5. The summed E-state index contributed by atoms with van der Waals surface area (Å²) in [6, 6.07) is 2.55. The van der Waals surface area contributed by atoms with E-state index < -0.39 is 6.04 Å². The highest BCUT2D eigenvalue weighted by molar-refractivity contribution is 5.94. The van der Waals surface area contributed by atoms with Gasteiger partial charge in [0.25, 0.3) is 11.5 Å². The summed E-state index contributed by atoms with van der Waals surface area (Å²) < 4.78 is 6.71. The maximum atomic E-state index is 12.2. The van der Waals surface area contributed by atoms with Crippen LogP contribution < -0.4 is 10.9 Å². The van der Waals surface area contributed by atoms with Gasteiger partial charge < -0.3 is 14.4 Å². The first-order valence-electron chi connectivity index (χ1n) is 7.43. The van der Waals surface area contributed by atoms with E-state index in [4.69, 9.17) is 4.52 Å². The molecule has 1 aliphatic rings. The zero-order chi connectivity index (χ0) is 15.7. The van der Waals surface area contributed by atoms with Crippen LogP contribution in [0, 0.1) is 0 Å². The fourth-order valence-electron chi connectivity index (χ4n) is 2.18. The molecule has 1 saturated carbocycles. The molecule has 2 aromatic rings. The average molecular weight is 302 g/mol. The van der Waals surface area contributed by atoms with Gasteiger partial charge in [-0.05, 0) is 32.8 Å². The molecule has 0 bridgehead atoms. The smallest absolute Gasteiger partial charge is 0.252 e. The predicted octanol–water partition coefficient (Wildman–Crippen LogP) is 1.62. The number of aromatic nitrogens is 3. The van der Waals surface area contributed by atoms with E-state index in [1.54, 1.807) is 19.2 Å². The SMILES string of the molecule is CCn1ccc(C(=O)N[C@@H](C)c2nc(C3CC3)no2)cc1=O. The van der Waals surface area contributed by atoms with Gasteiger partial charge in [-0.2, -0.15) is 4.98 Å². The second-order valence-electron chi connectivity index (χ2n) is 5.50. The largest absolute Gasteiger partial charge is 0.341 e. The van der Waals surface area contributed by atoms with Gasteiger partial charge in [0, 0.05) is 30.3 Å². The summed E-state index contributed by atoms with van der Waals surface area (Å²) in [6.45, 7) is 4.22. The van der Waals surface area contributed by atoms with E-state index >= 15 is 0 Å². The summed E-state index contributed by atoms with van der Waals surface area (Å²) in [6.07, 6.45) is 3.79. The van der Waals surface area contributed by atoms with Crippen molar-refractivity contribution >= 4 is 5.91 Å². The second kappa shape index (κ2) is 5.75. The Labute approximate surface area is 127 Å². The van der Waals surface area contributed by atoms with E-state index in [0.29, 0.717) is 29.7 Å². The topological polar surface area (TPSA) is 90.0 Å². The molecule has 2 heterocycles. The Morgan fingerprint density at radius 3 is 2.95 bits per heavy atom. The van der Waals surface area contributed by atoms with Crippen molar-refractivity contribution < 1.29 is 9.32 Å². The molecule has 0 unspecified atom stereocenters. The minimum atomic E-state index is -0.402. The molecule has 1 aliphatic carbocycles. The first-order valence-corrected chi connectivity index (χ1v) is 7.43. The van der Waals surface area contributed by atoms with E-state index in [9.17, 15) is 9.59 Å². The normalized spacial score (nSPS) is 15.5. The van der Waals surface area contributed by atoms with Gasteiger partial charge in [0.15, 0.2) is 5.82 Å². The minimum absolute atomic E-state index is 0.198. The summed E-state index contributed by atoms with van der Waals surface area (Å²) in [5.41, 5.74) is 0.125. The van der Waals surface area contributed by atoms with Crippen LogP contribution >= 0.6 is 0 Å². The van der Waals surface area contributed by atoms with E-state index in [2.05, 4.69) is 15.5 Å². The number of nitrogens with zero attached hydrogens (tertiary/aromatic N) is 3. The number of amides is 1. The Balaban J connectivity index is 1.69. The minimum Gasteiger partial charge on any atom is -0.341 e. The number of pyridine rings is 1. The number of nitrogens with one attached hydrogen (secondary N) is 1. The third-order valence-corrected chi connectivity index (χ3v) is 3.72. The van der Waals surface area contributed by atoms with E-state index in [1.165, 1.54) is 10.6 Å². The van der Waals surface area contributed by atoms with E-state index in [1.807, 2.05) is 6.92 Å². The molecule has 116 valence electrons. The molecule has 1 fully saturated rings. The Hall–Kier alpha value is -2.44. The van der Waals surface area contributed by atoms with Crippen molar-refractivity contribution in [3.63, 3.8) is 0 Å². The maximum Gasteiger partial charge on any atom is 0.252 e.